The van der Waals surface area contributed by atoms with Crippen molar-refractivity contribution in [3.8, 4) is 0 Å². The lowest BCUT2D eigenvalue weighted by molar-refractivity contribution is -0.131. The highest BCUT2D eigenvalue weighted by Gasteiger charge is 2.33. The van der Waals surface area contributed by atoms with Crippen molar-refractivity contribution in [3.05, 3.63) is 0 Å². The third-order valence-electron chi connectivity index (χ3n) is 3.14. The van der Waals surface area contributed by atoms with Crippen LogP contribution in [0.15, 0.2) is 0 Å². The molecule has 0 spiro atoms. The van der Waals surface area contributed by atoms with Crippen molar-refractivity contribution in [2.45, 2.75) is 45.2 Å². The van der Waals surface area contributed by atoms with Gasteiger partial charge in [-0.15, -0.1) is 0 Å². The summed E-state index contributed by atoms with van der Waals surface area (Å²) in [5.41, 5.74) is 0. The summed E-state index contributed by atoms with van der Waals surface area (Å²) < 4.78 is 0. The van der Waals surface area contributed by atoms with E-state index in [-0.39, 0.29) is 0 Å². The van der Waals surface area contributed by atoms with Gasteiger partial charge >= 0.3 is 0 Å². The van der Waals surface area contributed by atoms with Crippen molar-refractivity contribution < 1.29 is 4.79 Å². The predicted molar refractivity (Wildman–Crippen MR) is 56.0 cm³/mol. The van der Waals surface area contributed by atoms with Gasteiger partial charge in [-0.1, -0.05) is 13.8 Å². The molecular formula is C11H20N2O. The summed E-state index contributed by atoms with van der Waals surface area (Å²) >= 11 is 0. The number of likely N-dealkylation sites (tertiary alicyclic amines) is 1. The molecule has 2 aliphatic heterocycles. The van der Waals surface area contributed by atoms with Crippen LogP contribution in [0.25, 0.3) is 0 Å². The molecule has 2 fully saturated rings. The van der Waals surface area contributed by atoms with Crippen LogP contribution in [0, 0.1) is 5.92 Å². The predicted octanol–water partition coefficient (Wildman–Crippen LogP) is 0.995. The van der Waals surface area contributed by atoms with Crippen molar-refractivity contribution in [3.63, 3.8) is 0 Å². The minimum Gasteiger partial charge on any atom is -0.341 e. The van der Waals surface area contributed by atoms with Gasteiger partial charge in [0.25, 0.3) is 0 Å². The zero-order chi connectivity index (χ0) is 10.1. The Labute approximate surface area is 85.8 Å². The number of carbonyl (C=O) groups is 1. The number of fused-ring (bicyclic) bond motifs is 2. The van der Waals surface area contributed by atoms with Crippen LogP contribution < -0.4 is 5.32 Å². The Morgan fingerprint density at radius 2 is 2.14 bits per heavy atom. The Kier molecular flexibility index (Phi) is 2.77. The monoisotopic (exact) mass is 196 g/mol. The molecule has 0 aromatic carbocycles. The first-order valence-corrected chi connectivity index (χ1v) is 5.69. The zero-order valence-electron chi connectivity index (χ0n) is 9.12. The number of nitrogens with one attached hydrogen (secondary N) is 1. The molecule has 0 radical (unpaired) electrons. The molecule has 3 nitrogen and oxygen atoms in total. The standard InChI is InChI=1S/C11H20N2O/c1-8(2)6-13-7-10-4-3-9(12-10)5-11(13)14/h8-10,12H,3-7H2,1-2H3/t9-,10+/m1/s1. The van der Waals surface area contributed by atoms with Gasteiger partial charge in [0.15, 0.2) is 0 Å². The SMILES string of the molecule is CC(C)CN1C[C@@H]2CC[C@H](CC1=O)N2. The molecule has 0 aliphatic carbocycles. The average molecular weight is 196 g/mol. The molecule has 1 N–H and O–H groups in total. The highest BCUT2D eigenvalue weighted by molar-refractivity contribution is 5.77. The fraction of sp³-hybridized carbons (Fsp3) is 0.909. The molecule has 2 rings (SSSR count). The van der Waals surface area contributed by atoms with Crippen molar-refractivity contribution in [1.29, 1.82) is 0 Å². The smallest absolute Gasteiger partial charge is 0.224 e. The van der Waals surface area contributed by atoms with E-state index in [4.69, 9.17) is 0 Å². The van der Waals surface area contributed by atoms with E-state index in [0.717, 1.165) is 13.1 Å². The highest BCUT2D eigenvalue weighted by atomic mass is 16.2. The molecule has 2 atom stereocenters. The fourth-order valence-corrected chi connectivity index (χ4v) is 2.53. The van der Waals surface area contributed by atoms with E-state index in [1.165, 1.54) is 12.8 Å². The Balaban J connectivity index is 1.99. The summed E-state index contributed by atoms with van der Waals surface area (Å²) in [6, 6.07) is 1.02. The normalized spacial score (nSPS) is 32.5. The Hall–Kier alpha value is -0.570. The summed E-state index contributed by atoms with van der Waals surface area (Å²) in [4.78, 5) is 13.9. The molecule has 2 heterocycles. The van der Waals surface area contributed by atoms with Gasteiger partial charge in [0.05, 0.1) is 0 Å². The Morgan fingerprint density at radius 1 is 1.43 bits per heavy atom. The van der Waals surface area contributed by atoms with E-state index in [2.05, 4.69) is 19.2 Å². The number of nitrogens with zero attached hydrogens (tertiary/aromatic N) is 1. The van der Waals surface area contributed by atoms with Crippen LogP contribution in [-0.2, 0) is 4.79 Å². The molecule has 2 saturated heterocycles. The lowest BCUT2D eigenvalue weighted by Gasteiger charge is -2.26. The first-order valence-electron chi connectivity index (χ1n) is 5.69. The number of hydrogen-bond acceptors (Lipinski definition) is 2. The third-order valence-corrected chi connectivity index (χ3v) is 3.14. The van der Waals surface area contributed by atoms with Crippen molar-refractivity contribution in [2.75, 3.05) is 13.1 Å². The number of hydrogen-bond donors (Lipinski definition) is 1. The number of carbonyl (C=O) groups excluding carboxylic acids is 1. The minimum absolute atomic E-state index is 0.346. The molecule has 0 unspecified atom stereocenters. The van der Waals surface area contributed by atoms with E-state index in [1.807, 2.05) is 4.90 Å². The van der Waals surface area contributed by atoms with Crippen LogP contribution in [0.5, 0.6) is 0 Å². The molecule has 80 valence electrons. The Morgan fingerprint density at radius 3 is 2.86 bits per heavy atom. The van der Waals surface area contributed by atoms with Crippen LogP contribution in [-0.4, -0.2) is 36.0 Å². The summed E-state index contributed by atoms with van der Waals surface area (Å²) in [7, 11) is 0. The van der Waals surface area contributed by atoms with Crippen molar-refractivity contribution in [1.82, 2.24) is 10.2 Å². The number of amides is 1. The second-order valence-corrected chi connectivity index (χ2v) is 5.03. The summed E-state index contributed by atoms with van der Waals surface area (Å²) in [5, 5.41) is 3.52. The molecular weight excluding hydrogens is 176 g/mol. The van der Waals surface area contributed by atoms with Gasteiger partial charge in [0, 0.05) is 31.6 Å². The van der Waals surface area contributed by atoms with Crippen molar-refractivity contribution in [2.24, 2.45) is 5.92 Å². The fourth-order valence-electron chi connectivity index (χ4n) is 2.53. The van der Waals surface area contributed by atoms with E-state index >= 15 is 0 Å². The van der Waals surface area contributed by atoms with E-state index in [1.54, 1.807) is 0 Å². The third kappa shape index (κ3) is 2.08. The van der Waals surface area contributed by atoms with Gasteiger partial charge in [-0.2, -0.15) is 0 Å². The molecule has 0 aromatic heterocycles. The van der Waals surface area contributed by atoms with Crippen LogP contribution in [0.2, 0.25) is 0 Å². The highest BCUT2D eigenvalue weighted by Crippen LogP contribution is 2.21. The summed E-state index contributed by atoms with van der Waals surface area (Å²) in [6.45, 7) is 6.19. The average Bonchev–Trinajstić information content (AvgIpc) is 2.43. The second-order valence-electron chi connectivity index (χ2n) is 5.03. The molecule has 0 saturated carbocycles. The Bertz CT molecular complexity index is 227. The quantitative estimate of drug-likeness (QED) is 0.714. The minimum atomic E-state index is 0.346. The van der Waals surface area contributed by atoms with Crippen LogP contribution in [0.3, 0.4) is 0 Å². The number of rotatable bonds is 2. The lowest BCUT2D eigenvalue weighted by atomic mass is 10.1. The summed E-state index contributed by atoms with van der Waals surface area (Å²) in [6.07, 6.45) is 3.14. The van der Waals surface area contributed by atoms with Crippen molar-refractivity contribution >= 4 is 5.91 Å². The topological polar surface area (TPSA) is 32.3 Å². The van der Waals surface area contributed by atoms with Gasteiger partial charge < -0.3 is 10.2 Å². The maximum Gasteiger partial charge on any atom is 0.224 e. The second kappa shape index (κ2) is 3.89. The zero-order valence-corrected chi connectivity index (χ0v) is 9.12. The van der Waals surface area contributed by atoms with Gasteiger partial charge in [-0.3, -0.25) is 4.79 Å². The largest absolute Gasteiger partial charge is 0.341 e. The van der Waals surface area contributed by atoms with E-state index < -0.39 is 0 Å². The molecule has 2 bridgehead atoms. The first kappa shape index (κ1) is 9.97. The van der Waals surface area contributed by atoms with E-state index in [0.29, 0.717) is 30.3 Å². The maximum atomic E-state index is 11.8. The summed E-state index contributed by atoms with van der Waals surface area (Å²) in [5.74, 6) is 0.925. The molecule has 0 aromatic rings. The molecule has 14 heavy (non-hydrogen) atoms. The van der Waals surface area contributed by atoms with E-state index in [9.17, 15) is 4.79 Å². The molecule has 1 amide bonds. The van der Waals surface area contributed by atoms with Gasteiger partial charge in [-0.05, 0) is 18.8 Å². The van der Waals surface area contributed by atoms with Crippen LogP contribution in [0.1, 0.15) is 33.1 Å². The van der Waals surface area contributed by atoms with Gasteiger partial charge in [0.1, 0.15) is 0 Å². The molecule has 2 aliphatic rings. The van der Waals surface area contributed by atoms with Gasteiger partial charge in [-0.25, -0.2) is 0 Å². The van der Waals surface area contributed by atoms with Crippen LogP contribution >= 0.6 is 0 Å². The molecule has 3 heteroatoms. The maximum absolute atomic E-state index is 11.8. The van der Waals surface area contributed by atoms with Gasteiger partial charge in [0.2, 0.25) is 5.91 Å². The first-order chi connectivity index (χ1) is 6.65. The lowest BCUT2D eigenvalue weighted by Crippen LogP contribution is -2.39. The van der Waals surface area contributed by atoms with Crippen LogP contribution in [0.4, 0.5) is 0 Å².